The molecule has 0 unspecified atom stereocenters. The molecule has 6 aromatic rings. The molecule has 6 rings (SSSR count). The molecule has 0 saturated heterocycles. The Morgan fingerprint density at radius 3 is 1.81 bits per heavy atom. The summed E-state index contributed by atoms with van der Waals surface area (Å²) < 4.78 is 1.57. The second kappa shape index (κ2) is 5.12. The van der Waals surface area contributed by atoms with Crippen molar-refractivity contribution in [1.29, 1.82) is 0 Å². The van der Waals surface area contributed by atoms with Crippen LogP contribution in [0.5, 0.6) is 0 Å². The Morgan fingerprint density at radius 1 is 0.556 bits per heavy atom. The monoisotopic (exact) mass is 364 g/mol. The first kappa shape index (κ1) is 14.8. The van der Waals surface area contributed by atoms with Crippen molar-refractivity contribution in [2.45, 2.75) is 0 Å². The molecule has 5 aromatic carbocycles. The predicted octanol–water partition coefficient (Wildman–Crippen LogP) is 5.24. The van der Waals surface area contributed by atoms with Gasteiger partial charge in [0.25, 0.3) is 0 Å². The zero-order valence-corrected chi connectivity index (χ0v) is 15.0. The highest BCUT2D eigenvalue weighted by Gasteiger charge is 2.14. The molecule has 1 heterocycles. The van der Waals surface area contributed by atoms with Crippen LogP contribution in [0.25, 0.3) is 42.4 Å². The highest BCUT2D eigenvalue weighted by Crippen LogP contribution is 2.30. The van der Waals surface area contributed by atoms with Gasteiger partial charge in [-0.1, -0.05) is 66.7 Å². The van der Waals surface area contributed by atoms with Crippen molar-refractivity contribution in [3.05, 3.63) is 103 Å². The van der Waals surface area contributed by atoms with Gasteiger partial charge < -0.3 is 0 Å². The van der Waals surface area contributed by atoms with Crippen LogP contribution in [0.1, 0.15) is 0 Å². The van der Waals surface area contributed by atoms with Crippen LogP contribution in [0.2, 0.25) is 0 Å². The maximum Gasteiger partial charge on any atom is 0.204 e. The van der Waals surface area contributed by atoms with Crippen molar-refractivity contribution in [3.63, 3.8) is 0 Å². The standard InChI is InChI=1S/C24H12O2S/c25-22-16-10-2-6-13-5-1-9-15(19(13)16)21(22)24-23(26)17-11-3-7-14-8-4-12-18(27-24)20(14)17/h1-12H. The summed E-state index contributed by atoms with van der Waals surface area (Å²) in [5.41, 5.74) is -0.110. The Kier molecular flexibility index (Phi) is 2.81. The van der Waals surface area contributed by atoms with Crippen molar-refractivity contribution in [3.8, 4) is 0 Å². The van der Waals surface area contributed by atoms with Crippen LogP contribution in [0.15, 0.2) is 82.4 Å². The van der Waals surface area contributed by atoms with E-state index >= 15 is 0 Å². The van der Waals surface area contributed by atoms with Gasteiger partial charge in [0.2, 0.25) is 5.43 Å². The molecule has 0 radical (unpaired) electrons. The van der Waals surface area contributed by atoms with Crippen LogP contribution < -0.4 is 10.9 Å². The summed E-state index contributed by atoms with van der Waals surface area (Å²) in [4.78, 5) is 26.6. The van der Waals surface area contributed by atoms with Gasteiger partial charge in [-0.25, -0.2) is 0 Å². The molecule has 0 atom stereocenters. The number of rotatable bonds is 0. The van der Waals surface area contributed by atoms with E-state index in [2.05, 4.69) is 0 Å². The van der Waals surface area contributed by atoms with E-state index in [0.29, 0.717) is 20.5 Å². The van der Waals surface area contributed by atoms with Crippen molar-refractivity contribution >= 4 is 53.7 Å². The topological polar surface area (TPSA) is 34.1 Å². The van der Waals surface area contributed by atoms with E-state index in [1.54, 1.807) is 0 Å². The summed E-state index contributed by atoms with van der Waals surface area (Å²) in [6, 6.07) is 23.5. The van der Waals surface area contributed by atoms with E-state index in [0.717, 1.165) is 31.6 Å². The molecule has 0 aliphatic heterocycles. The molecule has 1 aromatic heterocycles. The smallest absolute Gasteiger partial charge is 0.204 e. The van der Waals surface area contributed by atoms with Gasteiger partial charge in [-0.05, 0) is 22.2 Å². The zero-order chi connectivity index (χ0) is 18.1. The summed E-state index contributed by atoms with van der Waals surface area (Å²) in [6.45, 7) is 0. The van der Waals surface area contributed by atoms with Crippen molar-refractivity contribution in [1.82, 2.24) is 0 Å². The lowest BCUT2D eigenvalue weighted by atomic mass is 10.1. The van der Waals surface area contributed by atoms with Gasteiger partial charge in [0.05, 0.1) is 9.75 Å². The van der Waals surface area contributed by atoms with E-state index in [-0.39, 0.29) is 10.9 Å². The summed E-state index contributed by atoms with van der Waals surface area (Å²) in [5, 5.41) is 6.82. The van der Waals surface area contributed by atoms with E-state index in [1.807, 2.05) is 72.8 Å². The molecule has 0 N–H and O–H groups in total. The molecule has 2 nitrogen and oxygen atoms in total. The molecule has 126 valence electrons. The predicted molar refractivity (Wildman–Crippen MR) is 113 cm³/mol. The normalized spacial score (nSPS) is 13.3. The molecule has 0 saturated carbocycles. The molecular weight excluding hydrogens is 352 g/mol. The molecule has 0 fully saturated rings. The van der Waals surface area contributed by atoms with E-state index in [9.17, 15) is 9.59 Å². The lowest BCUT2D eigenvalue weighted by Gasteiger charge is -2.03. The highest BCUT2D eigenvalue weighted by molar-refractivity contribution is 7.17. The van der Waals surface area contributed by atoms with Crippen LogP contribution in [0.3, 0.4) is 0 Å². The van der Waals surface area contributed by atoms with Crippen LogP contribution >= 0.6 is 11.3 Å². The van der Waals surface area contributed by atoms with Crippen molar-refractivity contribution in [2.24, 2.45) is 0 Å². The van der Waals surface area contributed by atoms with Crippen LogP contribution in [-0.4, -0.2) is 0 Å². The second-order valence-electron chi connectivity index (χ2n) is 6.83. The number of hydrogen-bond donors (Lipinski definition) is 0. The van der Waals surface area contributed by atoms with Gasteiger partial charge in [0.15, 0.2) is 5.43 Å². The van der Waals surface area contributed by atoms with Crippen molar-refractivity contribution < 1.29 is 0 Å². The fraction of sp³-hybridized carbons (Fsp3) is 0. The second-order valence-corrected chi connectivity index (χ2v) is 7.89. The van der Waals surface area contributed by atoms with Crippen LogP contribution in [-0.2, 0) is 0 Å². The average Bonchev–Trinajstić information content (AvgIpc) is 2.99. The Morgan fingerprint density at radius 2 is 1.11 bits per heavy atom. The highest BCUT2D eigenvalue weighted by atomic mass is 32.1. The van der Waals surface area contributed by atoms with Gasteiger partial charge in [0.1, 0.15) is 0 Å². The third kappa shape index (κ3) is 1.84. The first-order valence-electron chi connectivity index (χ1n) is 8.79. The third-order valence-electron chi connectivity index (χ3n) is 5.40. The van der Waals surface area contributed by atoms with Gasteiger partial charge in [-0.3, -0.25) is 9.59 Å². The Labute approximate surface area is 156 Å². The van der Waals surface area contributed by atoms with E-state index in [4.69, 9.17) is 0 Å². The lowest BCUT2D eigenvalue weighted by molar-refractivity contribution is 1.58. The maximum atomic E-state index is 13.4. The number of benzene rings is 4. The van der Waals surface area contributed by atoms with Gasteiger partial charge in [0, 0.05) is 26.2 Å². The largest absolute Gasteiger partial charge is 0.289 e. The van der Waals surface area contributed by atoms with Gasteiger partial charge in [-0.15, -0.1) is 11.3 Å². The van der Waals surface area contributed by atoms with E-state index in [1.165, 1.54) is 11.3 Å². The van der Waals surface area contributed by atoms with Gasteiger partial charge in [-0.2, -0.15) is 0 Å². The Hall–Kier alpha value is -3.30. The molecule has 0 spiro atoms. The lowest BCUT2D eigenvalue weighted by Crippen LogP contribution is -2.06. The molecule has 0 aliphatic rings. The summed E-state index contributed by atoms with van der Waals surface area (Å²) in [6.07, 6.45) is 0. The molecule has 27 heavy (non-hydrogen) atoms. The quantitative estimate of drug-likeness (QED) is 0.369. The van der Waals surface area contributed by atoms with Crippen LogP contribution in [0, 0.1) is 9.75 Å². The third-order valence-corrected chi connectivity index (χ3v) is 6.56. The Bertz CT molecular complexity index is 1700. The molecule has 0 bridgehead atoms. The minimum Gasteiger partial charge on any atom is -0.289 e. The minimum absolute atomic E-state index is 0.0517. The van der Waals surface area contributed by atoms with Crippen LogP contribution in [0.4, 0.5) is 0 Å². The Balaban J connectivity index is 2.05. The van der Waals surface area contributed by atoms with Gasteiger partial charge >= 0.3 is 0 Å². The summed E-state index contributed by atoms with van der Waals surface area (Å²) >= 11 is 1.42. The summed E-state index contributed by atoms with van der Waals surface area (Å²) in [5.74, 6) is 0. The first-order chi connectivity index (χ1) is 13.2. The zero-order valence-electron chi connectivity index (χ0n) is 14.2. The fourth-order valence-electron chi connectivity index (χ4n) is 4.24. The molecule has 0 amide bonds. The maximum absolute atomic E-state index is 13.4. The molecule has 0 aliphatic carbocycles. The van der Waals surface area contributed by atoms with E-state index < -0.39 is 0 Å². The first-order valence-corrected chi connectivity index (χ1v) is 9.61. The minimum atomic E-state index is -0.0579. The van der Waals surface area contributed by atoms with Crippen molar-refractivity contribution in [2.75, 3.05) is 0 Å². The summed E-state index contributed by atoms with van der Waals surface area (Å²) in [7, 11) is 0. The molecular formula is C24H12O2S. The average molecular weight is 364 g/mol. The molecule has 3 heteroatoms. The fourth-order valence-corrected chi connectivity index (χ4v) is 5.45. The number of hydrogen-bond acceptors (Lipinski definition) is 3. The SMILES string of the molecule is O=c1c(=c2c(=O)c3cccc4cccc2c43)sc2cccc3cccc1c32.